The highest BCUT2D eigenvalue weighted by Crippen LogP contribution is 2.54. The van der Waals surface area contributed by atoms with Gasteiger partial charge in [-0.2, -0.15) is 0 Å². The fraction of sp³-hybridized carbons (Fsp3) is 0.476. The van der Waals surface area contributed by atoms with E-state index in [2.05, 4.69) is 15.8 Å². The molecule has 4 nitrogen and oxygen atoms in total. The second kappa shape index (κ2) is 5.37. The fourth-order valence-corrected chi connectivity index (χ4v) is 4.00. The molecular formula is C21H24N2O2. The maximum absolute atomic E-state index is 12.5. The highest BCUT2D eigenvalue weighted by atomic mass is 16.3. The van der Waals surface area contributed by atoms with Gasteiger partial charge < -0.3 is 15.0 Å². The summed E-state index contributed by atoms with van der Waals surface area (Å²) in [5.41, 5.74) is 2.22. The van der Waals surface area contributed by atoms with E-state index in [1.54, 1.807) is 13.8 Å². The van der Waals surface area contributed by atoms with Crippen LogP contribution < -0.4 is 10.5 Å². The van der Waals surface area contributed by atoms with Crippen LogP contribution in [0.3, 0.4) is 0 Å². The number of anilines is 1. The van der Waals surface area contributed by atoms with Gasteiger partial charge >= 0.3 is 0 Å². The number of benzene rings is 1. The lowest BCUT2D eigenvalue weighted by molar-refractivity contribution is 0.0787. The van der Waals surface area contributed by atoms with Gasteiger partial charge in [-0.15, -0.1) is 6.42 Å². The first-order valence-electron chi connectivity index (χ1n) is 8.97. The first-order valence-corrected chi connectivity index (χ1v) is 8.97. The highest BCUT2D eigenvalue weighted by molar-refractivity contribution is 5.95. The predicted molar refractivity (Wildman–Crippen MR) is 101 cm³/mol. The molecule has 1 aromatic carbocycles. The molecule has 1 saturated carbocycles. The monoisotopic (exact) mass is 336 g/mol. The molecule has 0 radical (unpaired) electrons. The Balaban J connectivity index is 1.89. The number of fused-ring (bicyclic) bond motifs is 1. The van der Waals surface area contributed by atoms with Crippen molar-refractivity contribution < 1.29 is 5.11 Å². The molecule has 0 atom stereocenters. The zero-order valence-electron chi connectivity index (χ0n) is 14.9. The normalized spacial score (nSPS) is 19.2. The standard InChI is InChI=1S/C21H24N2O2/c1-4-15-18(23-11-9-21(7-8-21)10-12-23)16-13-14(20(2,3)25)5-6-17(16)22-19(15)24/h1,5-6,13,25H,7-12H2,2-3H3,(H,22,24). The number of aliphatic hydroxyl groups is 1. The summed E-state index contributed by atoms with van der Waals surface area (Å²) in [6, 6.07) is 5.68. The van der Waals surface area contributed by atoms with E-state index in [1.807, 2.05) is 18.2 Å². The van der Waals surface area contributed by atoms with Gasteiger partial charge in [-0.05, 0) is 62.6 Å². The van der Waals surface area contributed by atoms with Crippen LogP contribution in [0.2, 0.25) is 0 Å². The van der Waals surface area contributed by atoms with Crippen LogP contribution in [-0.2, 0) is 5.60 Å². The summed E-state index contributed by atoms with van der Waals surface area (Å²) >= 11 is 0. The van der Waals surface area contributed by atoms with Gasteiger partial charge in [-0.3, -0.25) is 4.79 Å². The quantitative estimate of drug-likeness (QED) is 0.829. The van der Waals surface area contributed by atoms with E-state index in [-0.39, 0.29) is 5.56 Å². The van der Waals surface area contributed by atoms with Gasteiger partial charge in [0.05, 0.1) is 16.8 Å². The molecule has 25 heavy (non-hydrogen) atoms. The number of terminal acetylenes is 1. The summed E-state index contributed by atoms with van der Waals surface area (Å²) < 4.78 is 0. The number of nitrogens with one attached hydrogen (secondary N) is 1. The third-order valence-electron chi connectivity index (χ3n) is 5.93. The van der Waals surface area contributed by atoms with Crippen molar-refractivity contribution in [3.8, 4) is 12.3 Å². The Hall–Kier alpha value is -2.25. The molecule has 1 aliphatic heterocycles. The van der Waals surface area contributed by atoms with Crippen LogP contribution in [0.5, 0.6) is 0 Å². The Morgan fingerprint density at radius 2 is 1.92 bits per heavy atom. The Morgan fingerprint density at radius 1 is 1.24 bits per heavy atom. The average molecular weight is 336 g/mol. The van der Waals surface area contributed by atoms with E-state index in [1.165, 1.54) is 12.8 Å². The lowest BCUT2D eigenvalue weighted by Crippen LogP contribution is -2.36. The van der Waals surface area contributed by atoms with Crippen LogP contribution in [0, 0.1) is 17.8 Å². The third kappa shape index (κ3) is 2.73. The largest absolute Gasteiger partial charge is 0.386 e. The van der Waals surface area contributed by atoms with Crippen molar-refractivity contribution in [3.05, 3.63) is 39.7 Å². The number of aromatic nitrogens is 1. The SMILES string of the molecule is C#Cc1c(N2CCC3(CC2)CC3)c2cc(C(C)(C)O)ccc2[nH]c1=O. The van der Waals surface area contributed by atoms with E-state index in [4.69, 9.17) is 6.42 Å². The fourth-order valence-electron chi connectivity index (χ4n) is 4.00. The first kappa shape index (κ1) is 16.2. The molecule has 4 heteroatoms. The van der Waals surface area contributed by atoms with Crippen molar-refractivity contribution in [2.24, 2.45) is 5.41 Å². The summed E-state index contributed by atoms with van der Waals surface area (Å²) in [5.74, 6) is 2.60. The summed E-state index contributed by atoms with van der Waals surface area (Å²) in [6.07, 6.45) is 10.7. The van der Waals surface area contributed by atoms with Gasteiger partial charge in [0.25, 0.3) is 5.56 Å². The van der Waals surface area contributed by atoms with E-state index in [9.17, 15) is 9.90 Å². The molecule has 4 rings (SSSR count). The number of H-pyrrole nitrogens is 1. The van der Waals surface area contributed by atoms with Crippen molar-refractivity contribution in [1.82, 2.24) is 4.98 Å². The molecule has 1 saturated heterocycles. The minimum Gasteiger partial charge on any atom is -0.386 e. The van der Waals surface area contributed by atoms with Gasteiger partial charge in [-0.25, -0.2) is 0 Å². The number of rotatable bonds is 2. The number of piperidine rings is 1. The molecule has 0 bridgehead atoms. The van der Waals surface area contributed by atoms with Crippen molar-refractivity contribution in [1.29, 1.82) is 0 Å². The van der Waals surface area contributed by atoms with Crippen molar-refractivity contribution in [3.63, 3.8) is 0 Å². The van der Waals surface area contributed by atoms with Crippen molar-refractivity contribution in [2.45, 2.75) is 45.1 Å². The van der Waals surface area contributed by atoms with Gasteiger partial charge in [0.2, 0.25) is 0 Å². The van der Waals surface area contributed by atoms with Crippen LogP contribution in [0.1, 0.15) is 50.7 Å². The first-order chi connectivity index (χ1) is 11.8. The summed E-state index contributed by atoms with van der Waals surface area (Å²) in [7, 11) is 0. The van der Waals surface area contributed by atoms with Crippen LogP contribution in [0.25, 0.3) is 10.9 Å². The van der Waals surface area contributed by atoms with Crippen LogP contribution in [0.15, 0.2) is 23.0 Å². The topological polar surface area (TPSA) is 56.3 Å². The van der Waals surface area contributed by atoms with E-state index >= 15 is 0 Å². The van der Waals surface area contributed by atoms with Crippen LogP contribution >= 0.6 is 0 Å². The Kier molecular flexibility index (Phi) is 3.49. The van der Waals surface area contributed by atoms with Gasteiger partial charge in [0.15, 0.2) is 0 Å². The van der Waals surface area contributed by atoms with Crippen LogP contribution in [0.4, 0.5) is 5.69 Å². The molecule has 0 amide bonds. The van der Waals surface area contributed by atoms with Crippen molar-refractivity contribution >= 4 is 16.6 Å². The number of hydrogen-bond acceptors (Lipinski definition) is 3. The van der Waals surface area contributed by atoms with Crippen molar-refractivity contribution in [2.75, 3.05) is 18.0 Å². The lowest BCUT2D eigenvalue weighted by Gasteiger charge is -2.35. The smallest absolute Gasteiger partial charge is 0.266 e. The molecular weight excluding hydrogens is 312 g/mol. The predicted octanol–water partition coefficient (Wildman–Crippen LogP) is 3.12. The minimum absolute atomic E-state index is 0.215. The van der Waals surface area contributed by atoms with Gasteiger partial charge in [0, 0.05) is 18.5 Å². The maximum Gasteiger partial charge on any atom is 0.266 e. The molecule has 2 N–H and O–H groups in total. The maximum atomic E-state index is 12.5. The number of hydrogen-bond donors (Lipinski definition) is 2. The molecule has 1 aliphatic carbocycles. The van der Waals surface area contributed by atoms with Gasteiger partial charge in [0.1, 0.15) is 5.56 Å². The number of nitrogens with zero attached hydrogens (tertiary/aromatic N) is 1. The van der Waals surface area contributed by atoms with Crippen LogP contribution in [-0.4, -0.2) is 23.2 Å². The second-order valence-corrected chi connectivity index (χ2v) is 8.13. The molecule has 2 fully saturated rings. The second-order valence-electron chi connectivity index (χ2n) is 8.13. The minimum atomic E-state index is -0.947. The molecule has 0 unspecified atom stereocenters. The van der Waals surface area contributed by atoms with E-state index < -0.39 is 5.60 Å². The molecule has 1 aromatic heterocycles. The number of pyridine rings is 1. The molecule has 2 aliphatic rings. The Morgan fingerprint density at radius 3 is 2.48 bits per heavy atom. The average Bonchev–Trinajstić information content (AvgIpc) is 3.32. The molecule has 130 valence electrons. The summed E-state index contributed by atoms with van der Waals surface area (Å²) in [5, 5.41) is 11.3. The summed E-state index contributed by atoms with van der Waals surface area (Å²) in [4.78, 5) is 17.6. The Bertz CT molecular complexity index is 929. The lowest BCUT2D eigenvalue weighted by atomic mass is 9.91. The van der Waals surface area contributed by atoms with Gasteiger partial charge in [-0.1, -0.05) is 12.0 Å². The molecule has 1 spiro atoms. The molecule has 2 aromatic rings. The Labute approximate surface area is 147 Å². The molecule has 2 heterocycles. The third-order valence-corrected chi connectivity index (χ3v) is 5.93. The highest BCUT2D eigenvalue weighted by Gasteiger charge is 2.44. The zero-order chi connectivity index (χ0) is 17.8. The zero-order valence-corrected chi connectivity index (χ0v) is 14.9. The number of aromatic amines is 1. The van der Waals surface area contributed by atoms with E-state index in [0.29, 0.717) is 11.0 Å². The van der Waals surface area contributed by atoms with E-state index in [0.717, 1.165) is 48.1 Å². The summed E-state index contributed by atoms with van der Waals surface area (Å²) in [6.45, 7) is 5.39.